The lowest BCUT2D eigenvalue weighted by atomic mass is 9.78. The maximum Gasteiger partial charge on any atom is -0.0386 e. The average molecular weight is 844 g/mol. The van der Waals surface area contributed by atoms with E-state index in [2.05, 4.69) is 27.7 Å². The zero-order valence-electron chi connectivity index (χ0n) is 43.3. The van der Waals surface area contributed by atoms with Crippen molar-refractivity contribution in [3.63, 3.8) is 0 Å². The van der Waals surface area contributed by atoms with Crippen molar-refractivity contribution < 1.29 is 0 Å². The molecule has 0 heteroatoms. The van der Waals surface area contributed by atoms with Gasteiger partial charge in [0, 0.05) is 0 Å². The summed E-state index contributed by atoms with van der Waals surface area (Å²) in [7, 11) is 0. The largest absolute Gasteiger partial charge is 0.0654 e. The summed E-state index contributed by atoms with van der Waals surface area (Å²) in [5.74, 6) is 2.04. The van der Waals surface area contributed by atoms with Crippen LogP contribution < -0.4 is 0 Å². The Morgan fingerprint density at radius 1 is 0.133 bits per heavy atom. The van der Waals surface area contributed by atoms with Crippen molar-refractivity contribution in [2.75, 3.05) is 0 Å². The van der Waals surface area contributed by atoms with E-state index in [1.54, 1.807) is 25.7 Å². The molecule has 0 aromatic heterocycles. The van der Waals surface area contributed by atoms with E-state index in [0.717, 1.165) is 11.8 Å². The van der Waals surface area contributed by atoms with E-state index in [1.807, 2.05) is 0 Å². The molecular formula is C60H122. The van der Waals surface area contributed by atoms with Gasteiger partial charge in [-0.25, -0.2) is 0 Å². The van der Waals surface area contributed by atoms with E-state index in [9.17, 15) is 0 Å². The third kappa shape index (κ3) is 49.0. The molecule has 2 unspecified atom stereocenters. The number of hydrogen-bond donors (Lipinski definition) is 0. The van der Waals surface area contributed by atoms with Crippen LogP contribution in [0.15, 0.2) is 0 Å². The summed E-state index contributed by atoms with van der Waals surface area (Å²) in [5, 5.41) is 0. The lowest BCUT2D eigenvalue weighted by Gasteiger charge is -2.28. The minimum Gasteiger partial charge on any atom is -0.0654 e. The second kappa shape index (κ2) is 55.1. The second-order valence-electron chi connectivity index (χ2n) is 20.9. The Morgan fingerprint density at radius 2 is 0.233 bits per heavy atom. The fraction of sp³-hybridized carbons (Fsp3) is 1.00. The van der Waals surface area contributed by atoms with Crippen LogP contribution in [0.5, 0.6) is 0 Å². The smallest absolute Gasteiger partial charge is 0.0386 e. The monoisotopic (exact) mass is 843 g/mol. The van der Waals surface area contributed by atoms with E-state index in [4.69, 9.17) is 0 Å². The predicted molar refractivity (Wildman–Crippen MR) is 279 cm³/mol. The second-order valence-corrected chi connectivity index (χ2v) is 20.9. The average Bonchev–Trinajstić information content (AvgIpc) is 3.26. The van der Waals surface area contributed by atoms with Gasteiger partial charge >= 0.3 is 0 Å². The summed E-state index contributed by atoms with van der Waals surface area (Å²) in [6.45, 7) is 9.34. The van der Waals surface area contributed by atoms with E-state index in [0.29, 0.717) is 0 Å². The van der Waals surface area contributed by atoms with Gasteiger partial charge in [0.1, 0.15) is 0 Å². The van der Waals surface area contributed by atoms with Crippen molar-refractivity contribution in [2.45, 2.75) is 374 Å². The molecule has 0 aliphatic heterocycles. The molecule has 0 fully saturated rings. The highest BCUT2D eigenvalue weighted by atomic mass is 14.3. The molecule has 0 saturated heterocycles. The first-order chi connectivity index (χ1) is 29.8. The van der Waals surface area contributed by atoms with Gasteiger partial charge in [0.05, 0.1) is 0 Å². The Balaban J connectivity index is 4.83. The normalized spacial score (nSPS) is 12.8. The summed E-state index contributed by atoms with van der Waals surface area (Å²) >= 11 is 0. The minimum absolute atomic E-state index is 1.02. The van der Waals surface area contributed by atoms with Crippen molar-refractivity contribution in [2.24, 2.45) is 11.8 Å². The molecule has 0 rings (SSSR count). The van der Waals surface area contributed by atoms with Gasteiger partial charge in [0.2, 0.25) is 0 Å². The maximum absolute atomic E-state index is 2.34. The fourth-order valence-corrected chi connectivity index (χ4v) is 10.6. The van der Waals surface area contributed by atoms with E-state index in [-0.39, 0.29) is 0 Å². The van der Waals surface area contributed by atoms with Crippen LogP contribution in [-0.4, -0.2) is 0 Å². The summed E-state index contributed by atoms with van der Waals surface area (Å²) in [6, 6.07) is 0. The Kier molecular flexibility index (Phi) is 55.1. The van der Waals surface area contributed by atoms with Gasteiger partial charge in [-0.15, -0.1) is 0 Å². The summed E-state index contributed by atoms with van der Waals surface area (Å²) in [5.41, 5.74) is 0. The molecule has 0 N–H and O–H groups in total. The molecule has 0 nitrogen and oxygen atoms in total. The molecular weight excluding hydrogens is 721 g/mol. The standard InChI is InChI=1S/C60H122/c1-5-9-13-17-21-25-29-32-34-37-41-45-49-53-57-59(55-51-47-43-39-28-24-20-16-12-8-4)60(56-52-48-44-40-36-31-27-23-19-15-11-7-3)58-54-50-46-42-38-35-33-30-26-22-18-14-10-6-2/h59-60H,5-58H2,1-4H3. The molecule has 0 aliphatic rings. The van der Waals surface area contributed by atoms with E-state index < -0.39 is 0 Å². The van der Waals surface area contributed by atoms with Crippen LogP contribution in [0.25, 0.3) is 0 Å². The first kappa shape index (κ1) is 60.0. The third-order valence-electron chi connectivity index (χ3n) is 14.9. The molecule has 0 bridgehead atoms. The first-order valence-corrected chi connectivity index (χ1v) is 29.8. The van der Waals surface area contributed by atoms with Gasteiger partial charge in [-0.2, -0.15) is 0 Å². The molecule has 0 spiro atoms. The molecule has 362 valence electrons. The molecule has 0 aromatic rings. The number of unbranched alkanes of at least 4 members (excludes halogenated alkanes) is 46. The Bertz CT molecular complexity index is 709. The Labute approximate surface area is 384 Å². The van der Waals surface area contributed by atoms with E-state index >= 15 is 0 Å². The molecule has 0 amide bonds. The third-order valence-corrected chi connectivity index (χ3v) is 14.9. The van der Waals surface area contributed by atoms with Gasteiger partial charge in [-0.1, -0.05) is 374 Å². The van der Waals surface area contributed by atoms with Crippen LogP contribution in [0.1, 0.15) is 374 Å². The van der Waals surface area contributed by atoms with E-state index in [1.165, 1.54) is 321 Å². The molecule has 0 aliphatic carbocycles. The van der Waals surface area contributed by atoms with Crippen molar-refractivity contribution in [1.29, 1.82) is 0 Å². The summed E-state index contributed by atoms with van der Waals surface area (Å²) in [6.07, 6.45) is 80.3. The van der Waals surface area contributed by atoms with Crippen LogP contribution in [0.2, 0.25) is 0 Å². The van der Waals surface area contributed by atoms with Crippen LogP contribution >= 0.6 is 0 Å². The van der Waals surface area contributed by atoms with Crippen LogP contribution in [0.3, 0.4) is 0 Å². The van der Waals surface area contributed by atoms with Gasteiger partial charge < -0.3 is 0 Å². The Hall–Kier alpha value is 0. The fourth-order valence-electron chi connectivity index (χ4n) is 10.6. The Morgan fingerprint density at radius 3 is 0.350 bits per heavy atom. The highest BCUT2D eigenvalue weighted by molar-refractivity contribution is 4.73. The maximum atomic E-state index is 2.34. The number of rotatable bonds is 55. The number of hydrogen-bond acceptors (Lipinski definition) is 0. The lowest BCUT2D eigenvalue weighted by Crippen LogP contribution is -2.16. The zero-order chi connectivity index (χ0) is 43.3. The molecule has 0 saturated carbocycles. The lowest BCUT2D eigenvalue weighted by molar-refractivity contribution is 0.236. The van der Waals surface area contributed by atoms with Gasteiger partial charge in [0.15, 0.2) is 0 Å². The molecule has 0 radical (unpaired) electrons. The van der Waals surface area contributed by atoms with Gasteiger partial charge in [-0.3, -0.25) is 0 Å². The van der Waals surface area contributed by atoms with Crippen molar-refractivity contribution in [3.8, 4) is 0 Å². The summed E-state index contributed by atoms with van der Waals surface area (Å²) in [4.78, 5) is 0. The molecule has 0 aromatic carbocycles. The van der Waals surface area contributed by atoms with Crippen LogP contribution in [0.4, 0.5) is 0 Å². The predicted octanol–water partition coefficient (Wildman–Crippen LogP) is 23.4. The minimum atomic E-state index is 1.02. The zero-order valence-corrected chi connectivity index (χ0v) is 43.3. The van der Waals surface area contributed by atoms with Gasteiger partial charge in [0.25, 0.3) is 0 Å². The molecule has 0 heterocycles. The SMILES string of the molecule is CCCCCCCCCCCCCCCCC(CCCCCCCCCCCC)C(CCCCCCCCCCCCCC)CCCCCCCCCCCCCCCC. The van der Waals surface area contributed by atoms with Crippen molar-refractivity contribution >= 4 is 0 Å². The highest BCUT2D eigenvalue weighted by Gasteiger charge is 2.21. The van der Waals surface area contributed by atoms with Crippen LogP contribution in [-0.2, 0) is 0 Å². The first-order valence-electron chi connectivity index (χ1n) is 29.8. The van der Waals surface area contributed by atoms with Crippen LogP contribution in [0, 0.1) is 11.8 Å². The van der Waals surface area contributed by atoms with Crippen molar-refractivity contribution in [3.05, 3.63) is 0 Å². The van der Waals surface area contributed by atoms with Gasteiger partial charge in [-0.05, 0) is 11.8 Å². The van der Waals surface area contributed by atoms with Crippen molar-refractivity contribution in [1.82, 2.24) is 0 Å². The summed E-state index contributed by atoms with van der Waals surface area (Å²) < 4.78 is 0. The quantitative estimate of drug-likeness (QED) is 0.0535. The molecule has 2 atom stereocenters. The molecule has 60 heavy (non-hydrogen) atoms. The highest BCUT2D eigenvalue weighted by Crippen LogP contribution is 2.34. The topological polar surface area (TPSA) is 0 Å².